The fourth-order valence-corrected chi connectivity index (χ4v) is 1.70. The van der Waals surface area contributed by atoms with Gasteiger partial charge in [0, 0.05) is 4.91 Å². The van der Waals surface area contributed by atoms with Gasteiger partial charge in [-0.25, -0.2) is 0 Å². The van der Waals surface area contributed by atoms with Crippen molar-refractivity contribution in [2.75, 3.05) is 7.11 Å². The van der Waals surface area contributed by atoms with Gasteiger partial charge in [0.25, 0.3) is 0 Å². The number of hydrogen-bond donors (Lipinski definition) is 1. The number of ether oxygens (including phenoxy) is 1. The first-order valence-electron chi connectivity index (χ1n) is 4.49. The molecule has 1 aliphatic carbocycles. The van der Waals surface area contributed by atoms with Crippen LogP contribution in [0.3, 0.4) is 0 Å². The second-order valence-electron chi connectivity index (χ2n) is 3.37. The van der Waals surface area contributed by atoms with Crippen LogP contribution in [0.2, 0.25) is 0 Å². The molecule has 0 aromatic heterocycles. The number of nitrogens with zero attached hydrogens (tertiary/aromatic N) is 3. The molecule has 3 atom stereocenters. The molecule has 1 fully saturated rings. The number of hydrogen-bond acceptors (Lipinski definition) is 4. The van der Waals surface area contributed by atoms with E-state index in [0.29, 0.717) is 19.3 Å². The highest BCUT2D eigenvalue weighted by atomic mass is 16.5. The molecule has 1 unspecified atom stereocenters. The Hall–Kier alpha value is -1.26. The van der Waals surface area contributed by atoms with Crippen LogP contribution in [-0.2, 0) is 9.53 Å². The summed E-state index contributed by atoms with van der Waals surface area (Å²) < 4.78 is 4.60. The van der Waals surface area contributed by atoms with Crippen molar-refractivity contribution in [2.24, 2.45) is 11.0 Å². The van der Waals surface area contributed by atoms with E-state index in [2.05, 4.69) is 14.8 Å². The highest BCUT2D eigenvalue weighted by molar-refractivity contribution is 5.72. The molecule has 0 saturated heterocycles. The Morgan fingerprint density at radius 1 is 1.64 bits per heavy atom. The van der Waals surface area contributed by atoms with E-state index in [4.69, 9.17) is 5.53 Å². The van der Waals surface area contributed by atoms with Crippen molar-refractivity contribution in [3.63, 3.8) is 0 Å². The summed E-state index contributed by atoms with van der Waals surface area (Å²) in [5, 5.41) is 12.9. The third-order valence-electron chi connectivity index (χ3n) is 2.52. The van der Waals surface area contributed by atoms with Crippen LogP contribution in [0.15, 0.2) is 5.11 Å². The topological polar surface area (TPSA) is 95.3 Å². The number of methoxy groups -OCH3 is 1. The molecule has 0 amide bonds. The van der Waals surface area contributed by atoms with E-state index in [1.807, 2.05) is 0 Å². The van der Waals surface area contributed by atoms with E-state index in [0.717, 1.165) is 0 Å². The largest absolute Gasteiger partial charge is 0.469 e. The van der Waals surface area contributed by atoms with Gasteiger partial charge in [-0.2, -0.15) is 0 Å². The van der Waals surface area contributed by atoms with Crippen molar-refractivity contribution < 1.29 is 14.6 Å². The highest BCUT2D eigenvalue weighted by Gasteiger charge is 2.32. The van der Waals surface area contributed by atoms with Crippen molar-refractivity contribution in [2.45, 2.75) is 31.4 Å². The first kappa shape index (κ1) is 10.8. The molecule has 6 nitrogen and oxygen atoms in total. The minimum Gasteiger partial charge on any atom is -0.469 e. The third-order valence-corrected chi connectivity index (χ3v) is 2.52. The van der Waals surface area contributed by atoms with Crippen LogP contribution in [0.25, 0.3) is 10.4 Å². The zero-order valence-electron chi connectivity index (χ0n) is 7.96. The molecular weight excluding hydrogens is 186 g/mol. The van der Waals surface area contributed by atoms with Gasteiger partial charge in [-0.3, -0.25) is 4.79 Å². The highest BCUT2D eigenvalue weighted by Crippen LogP contribution is 2.27. The van der Waals surface area contributed by atoms with E-state index in [-0.39, 0.29) is 11.9 Å². The SMILES string of the molecule is COC(=O)C1CC[C@@H](O)[C@H](N=[N+]=[N-])C1. The molecule has 1 N–H and O–H groups in total. The maximum absolute atomic E-state index is 11.2. The number of aliphatic hydroxyl groups is 1. The zero-order valence-corrected chi connectivity index (χ0v) is 7.96. The van der Waals surface area contributed by atoms with Gasteiger partial charge in [0.15, 0.2) is 0 Å². The number of azide groups is 1. The molecule has 0 radical (unpaired) electrons. The van der Waals surface area contributed by atoms with Crippen molar-refractivity contribution in [3.05, 3.63) is 10.4 Å². The molecule has 0 heterocycles. The summed E-state index contributed by atoms with van der Waals surface area (Å²) in [5.74, 6) is -0.547. The Morgan fingerprint density at radius 3 is 2.93 bits per heavy atom. The molecule has 1 aliphatic rings. The summed E-state index contributed by atoms with van der Waals surface area (Å²) in [5.41, 5.74) is 8.25. The molecule has 0 aromatic carbocycles. The monoisotopic (exact) mass is 199 g/mol. The van der Waals surface area contributed by atoms with Crippen LogP contribution in [0, 0.1) is 5.92 Å². The summed E-state index contributed by atoms with van der Waals surface area (Å²) in [6.07, 6.45) is 0.805. The summed E-state index contributed by atoms with van der Waals surface area (Å²) in [6, 6.07) is -0.502. The molecule has 0 aromatic rings. The Labute approximate surface area is 81.5 Å². The minimum absolute atomic E-state index is 0.251. The van der Waals surface area contributed by atoms with Gasteiger partial charge in [-0.1, -0.05) is 5.11 Å². The number of carbonyl (C=O) groups excluding carboxylic acids is 1. The van der Waals surface area contributed by atoms with Crippen LogP contribution in [-0.4, -0.2) is 30.3 Å². The predicted molar refractivity (Wildman–Crippen MR) is 48.3 cm³/mol. The fraction of sp³-hybridized carbons (Fsp3) is 0.875. The molecule has 14 heavy (non-hydrogen) atoms. The van der Waals surface area contributed by atoms with Gasteiger partial charge in [0.2, 0.25) is 0 Å². The van der Waals surface area contributed by atoms with E-state index in [9.17, 15) is 9.90 Å². The van der Waals surface area contributed by atoms with E-state index in [1.165, 1.54) is 7.11 Å². The van der Waals surface area contributed by atoms with Crippen LogP contribution in [0.1, 0.15) is 19.3 Å². The van der Waals surface area contributed by atoms with Crippen LogP contribution in [0.5, 0.6) is 0 Å². The lowest BCUT2D eigenvalue weighted by Gasteiger charge is -2.28. The molecule has 0 spiro atoms. The maximum Gasteiger partial charge on any atom is 0.308 e. The second kappa shape index (κ2) is 4.83. The van der Waals surface area contributed by atoms with Crippen LogP contribution in [0.4, 0.5) is 0 Å². The smallest absolute Gasteiger partial charge is 0.308 e. The van der Waals surface area contributed by atoms with Gasteiger partial charge in [0.05, 0.1) is 25.2 Å². The fourth-order valence-electron chi connectivity index (χ4n) is 1.70. The Bertz CT molecular complexity index is 263. The lowest BCUT2D eigenvalue weighted by molar-refractivity contribution is -0.147. The van der Waals surface area contributed by atoms with E-state index >= 15 is 0 Å². The van der Waals surface area contributed by atoms with Gasteiger partial charge < -0.3 is 9.84 Å². The number of rotatable bonds is 2. The van der Waals surface area contributed by atoms with Gasteiger partial charge in [-0.15, -0.1) is 0 Å². The van der Waals surface area contributed by atoms with E-state index < -0.39 is 12.1 Å². The van der Waals surface area contributed by atoms with Crippen molar-refractivity contribution >= 4 is 5.97 Å². The summed E-state index contributed by atoms with van der Waals surface area (Å²) in [6.45, 7) is 0. The first-order chi connectivity index (χ1) is 6.69. The minimum atomic E-state index is -0.633. The van der Waals surface area contributed by atoms with E-state index in [1.54, 1.807) is 0 Å². The zero-order chi connectivity index (χ0) is 10.6. The van der Waals surface area contributed by atoms with Gasteiger partial charge >= 0.3 is 5.97 Å². The molecule has 1 saturated carbocycles. The quantitative estimate of drug-likeness (QED) is 0.311. The summed E-state index contributed by atoms with van der Waals surface area (Å²) in [7, 11) is 1.33. The first-order valence-corrected chi connectivity index (χ1v) is 4.49. The standard InChI is InChI=1S/C8H13N3O3/c1-14-8(13)5-2-3-7(12)6(4-5)10-11-9/h5-7,12H,2-4H2,1H3/t5?,6-,7-/m1/s1. The Kier molecular flexibility index (Phi) is 3.73. The van der Waals surface area contributed by atoms with Crippen molar-refractivity contribution in [1.82, 2.24) is 0 Å². The van der Waals surface area contributed by atoms with Crippen molar-refractivity contribution in [3.8, 4) is 0 Å². The van der Waals surface area contributed by atoms with Crippen LogP contribution >= 0.6 is 0 Å². The normalized spacial score (nSPS) is 31.7. The summed E-state index contributed by atoms with van der Waals surface area (Å²) in [4.78, 5) is 13.8. The lowest BCUT2D eigenvalue weighted by atomic mass is 9.84. The number of carbonyl (C=O) groups is 1. The van der Waals surface area contributed by atoms with Gasteiger partial charge in [0.1, 0.15) is 0 Å². The molecule has 0 bridgehead atoms. The second-order valence-corrected chi connectivity index (χ2v) is 3.37. The number of aliphatic hydroxyl groups excluding tert-OH is 1. The lowest BCUT2D eigenvalue weighted by Crippen LogP contribution is -2.35. The molecule has 6 heteroatoms. The average molecular weight is 199 g/mol. The Balaban J connectivity index is 2.61. The van der Waals surface area contributed by atoms with Crippen LogP contribution < -0.4 is 0 Å². The molecule has 0 aliphatic heterocycles. The van der Waals surface area contributed by atoms with Crippen molar-refractivity contribution in [1.29, 1.82) is 0 Å². The number of esters is 1. The molecule has 78 valence electrons. The third kappa shape index (κ3) is 2.37. The summed E-state index contributed by atoms with van der Waals surface area (Å²) >= 11 is 0. The van der Waals surface area contributed by atoms with Gasteiger partial charge in [-0.05, 0) is 24.8 Å². The Morgan fingerprint density at radius 2 is 2.36 bits per heavy atom. The maximum atomic E-state index is 11.2. The average Bonchev–Trinajstić information content (AvgIpc) is 2.20. The predicted octanol–water partition coefficient (Wildman–Crippen LogP) is 0.999. The molecule has 1 rings (SSSR count). The molecular formula is C8H13N3O3.